The van der Waals surface area contributed by atoms with E-state index in [9.17, 15) is 22.4 Å². The van der Waals surface area contributed by atoms with E-state index in [-0.39, 0.29) is 29.3 Å². The Morgan fingerprint density at radius 2 is 1.64 bits per heavy atom. The van der Waals surface area contributed by atoms with Gasteiger partial charge < -0.3 is 0 Å². The quantitative estimate of drug-likeness (QED) is 0.509. The predicted octanol–water partition coefficient (Wildman–Crippen LogP) is 5.47. The molecule has 0 saturated carbocycles. The average molecular weight is 391 g/mol. The molecular formula is C22H21F4NO. The lowest BCUT2D eigenvalue weighted by molar-refractivity contribution is -0.140. The summed E-state index contributed by atoms with van der Waals surface area (Å²) in [7, 11) is 0. The second-order valence-electron chi connectivity index (χ2n) is 7.77. The van der Waals surface area contributed by atoms with Crippen LogP contribution in [0, 0.1) is 11.7 Å². The van der Waals surface area contributed by atoms with Crippen molar-refractivity contribution in [3.63, 3.8) is 0 Å². The number of rotatable bonds is 4. The van der Waals surface area contributed by atoms with E-state index in [0.29, 0.717) is 18.9 Å². The number of carbonyl (C=O) groups excluding carboxylic acids is 1. The summed E-state index contributed by atoms with van der Waals surface area (Å²) in [5.41, 5.74) is -0.199. The van der Waals surface area contributed by atoms with E-state index < -0.39 is 17.6 Å². The van der Waals surface area contributed by atoms with Gasteiger partial charge in [0.1, 0.15) is 5.82 Å². The third-order valence-corrected chi connectivity index (χ3v) is 6.02. The number of Topliss-reactive ketones (excluding diaryl/α,β-unsaturated/α-hetero) is 1. The molecule has 2 saturated heterocycles. The highest BCUT2D eigenvalue weighted by Crippen LogP contribution is 2.41. The number of hydrogen-bond donors (Lipinski definition) is 0. The number of alkyl halides is 3. The number of nitrogens with zero attached hydrogens (tertiary/aromatic N) is 1. The smallest absolute Gasteiger partial charge is 0.294 e. The van der Waals surface area contributed by atoms with Gasteiger partial charge in [-0.3, -0.25) is 9.69 Å². The van der Waals surface area contributed by atoms with Crippen LogP contribution in [0.25, 0.3) is 0 Å². The van der Waals surface area contributed by atoms with Crippen molar-refractivity contribution in [1.29, 1.82) is 0 Å². The maximum Gasteiger partial charge on any atom is 0.419 e. The van der Waals surface area contributed by atoms with Crippen molar-refractivity contribution in [3.8, 4) is 0 Å². The first-order chi connectivity index (χ1) is 13.3. The fraction of sp³-hybridized carbons (Fsp3) is 0.409. The van der Waals surface area contributed by atoms with Crippen LogP contribution in [0.15, 0.2) is 48.5 Å². The number of ketones is 1. The highest BCUT2D eigenvalue weighted by atomic mass is 19.4. The van der Waals surface area contributed by atoms with Crippen molar-refractivity contribution < 1.29 is 22.4 Å². The average Bonchev–Trinajstić information content (AvgIpc) is 2.89. The summed E-state index contributed by atoms with van der Waals surface area (Å²) in [6.45, 7) is 0.825. The summed E-state index contributed by atoms with van der Waals surface area (Å²) in [5, 5.41) is 0. The molecule has 2 fully saturated rings. The van der Waals surface area contributed by atoms with E-state index in [2.05, 4.69) is 17.0 Å². The summed E-state index contributed by atoms with van der Waals surface area (Å²) in [6, 6.07) is 13.2. The number of benzene rings is 2. The molecule has 6 heteroatoms. The predicted molar refractivity (Wildman–Crippen MR) is 97.3 cm³/mol. The van der Waals surface area contributed by atoms with Crippen molar-refractivity contribution in [2.75, 3.05) is 0 Å². The third kappa shape index (κ3) is 3.70. The fourth-order valence-corrected chi connectivity index (χ4v) is 4.67. The standard InChI is InChI=1S/C22H21F4NO/c23-20-9-6-15(12-19(20)22(24,25)26)21(28)16-10-17-7-8-18(11-16)27(17)13-14-4-2-1-3-5-14/h1-6,9,12,16-18H,7-8,10-11,13H2. The molecular weight excluding hydrogens is 370 g/mol. The Bertz CT molecular complexity index is 851. The molecule has 148 valence electrons. The van der Waals surface area contributed by atoms with E-state index in [4.69, 9.17) is 0 Å². The van der Waals surface area contributed by atoms with Crippen LogP contribution >= 0.6 is 0 Å². The van der Waals surface area contributed by atoms with Gasteiger partial charge in [0.2, 0.25) is 0 Å². The summed E-state index contributed by atoms with van der Waals surface area (Å²) < 4.78 is 52.4. The van der Waals surface area contributed by atoms with Crippen molar-refractivity contribution >= 4 is 5.78 Å². The first-order valence-electron chi connectivity index (χ1n) is 9.53. The summed E-state index contributed by atoms with van der Waals surface area (Å²) in [5.74, 6) is -1.96. The highest BCUT2D eigenvalue weighted by molar-refractivity contribution is 5.98. The minimum atomic E-state index is -4.81. The second kappa shape index (κ2) is 7.32. The van der Waals surface area contributed by atoms with Gasteiger partial charge in [0.05, 0.1) is 5.56 Å². The van der Waals surface area contributed by atoms with Crippen molar-refractivity contribution in [2.45, 2.75) is 50.5 Å². The van der Waals surface area contributed by atoms with Crippen LogP contribution in [0.2, 0.25) is 0 Å². The van der Waals surface area contributed by atoms with Gasteiger partial charge in [-0.2, -0.15) is 13.2 Å². The molecule has 2 aromatic rings. The van der Waals surface area contributed by atoms with Crippen LogP contribution in [-0.4, -0.2) is 22.8 Å². The maximum atomic E-state index is 13.5. The zero-order chi connectivity index (χ0) is 19.9. The van der Waals surface area contributed by atoms with Crippen LogP contribution < -0.4 is 0 Å². The first kappa shape index (κ1) is 19.1. The van der Waals surface area contributed by atoms with Crippen LogP contribution in [0.3, 0.4) is 0 Å². The lowest BCUT2D eigenvalue weighted by atomic mass is 9.84. The molecule has 2 aliphatic rings. The Kier molecular flexibility index (Phi) is 5.00. The van der Waals surface area contributed by atoms with Gasteiger partial charge in [-0.25, -0.2) is 4.39 Å². The molecule has 0 radical (unpaired) electrons. The van der Waals surface area contributed by atoms with Crippen molar-refractivity contribution in [3.05, 3.63) is 71.0 Å². The van der Waals surface area contributed by atoms with Crippen LogP contribution in [0.4, 0.5) is 17.6 Å². The Morgan fingerprint density at radius 3 is 2.25 bits per heavy atom. The zero-order valence-electron chi connectivity index (χ0n) is 15.3. The van der Waals surface area contributed by atoms with Crippen molar-refractivity contribution in [1.82, 2.24) is 4.90 Å². The Labute approximate surface area is 161 Å². The molecule has 2 bridgehead atoms. The molecule has 0 amide bonds. The number of halogens is 4. The van der Waals surface area contributed by atoms with Crippen LogP contribution in [0.5, 0.6) is 0 Å². The van der Waals surface area contributed by atoms with Gasteiger partial charge in [0.25, 0.3) is 0 Å². The molecule has 0 aromatic heterocycles. The Hall–Kier alpha value is -2.21. The molecule has 4 rings (SSSR count). The Morgan fingerprint density at radius 1 is 1.00 bits per heavy atom. The van der Waals surface area contributed by atoms with E-state index in [0.717, 1.165) is 25.5 Å². The Balaban J connectivity index is 1.50. The van der Waals surface area contributed by atoms with E-state index in [1.54, 1.807) is 0 Å². The minimum absolute atomic E-state index is 0.0466. The van der Waals surface area contributed by atoms with E-state index >= 15 is 0 Å². The number of piperidine rings is 1. The SMILES string of the molecule is O=C(c1ccc(F)c(C(F)(F)F)c1)C1CC2CCC(C1)N2Cc1ccccc1. The summed E-state index contributed by atoms with van der Waals surface area (Å²) >= 11 is 0. The number of fused-ring (bicyclic) bond motifs is 2. The molecule has 2 aromatic carbocycles. The topological polar surface area (TPSA) is 20.3 Å². The molecule has 2 atom stereocenters. The molecule has 0 aliphatic carbocycles. The second-order valence-corrected chi connectivity index (χ2v) is 7.77. The van der Waals surface area contributed by atoms with Gasteiger partial charge in [-0.05, 0) is 49.4 Å². The molecule has 2 nitrogen and oxygen atoms in total. The zero-order valence-corrected chi connectivity index (χ0v) is 15.3. The first-order valence-corrected chi connectivity index (χ1v) is 9.53. The maximum absolute atomic E-state index is 13.5. The largest absolute Gasteiger partial charge is 0.419 e. The lowest BCUT2D eigenvalue weighted by Gasteiger charge is -2.38. The van der Waals surface area contributed by atoms with Gasteiger partial charge in [0.15, 0.2) is 5.78 Å². The van der Waals surface area contributed by atoms with E-state index in [1.807, 2.05) is 18.2 Å². The minimum Gasteiger partial charge on any atom is -0.294 e. The molecule has 2 heterocycles. The monoisotopic (exact) mass is 391 g/mol. The number of carbonyl (C=O) groups is 1. The van der Waals surface area contributed by atoms with Gasteiger partial charge in [-0.1, -0.05) is 30.3 Å². The molecule has 2 aliphatic heterocycles. The van der Waals surface area contributed by atoms with Gasteiger partial charge >= 0.3 is 6.18 Å². The van der Waals surface area contributed by atoms with Gasteiger partial charge in [-0.15, -0.1) is 0 Å². The normalized spacial score (nSPS) is 25.1. The fourth-order valence-electron chi connectivity index (χ4n) is 4.67. The summed E-state index contributed by atoms with van der Waals surface area (Å²) in [4.78, 5) is 15.3. The number of hydrogen-bond acceptors (Lipinski definition) is 2. The molecule has 0 N–H and O–H groups in total. The van der Waals surface area contributed by atoms with Gasteiger partial charge in [0, 0.05) is 30.1 Å². The molecule has 28 heavy (non-hydrogen) atoms. The molecule has 0 spiro atoms. The van der Waals surface area contributed by atoms with Crippen LogP contribution in [0.1, 0.15) is 47.2 Å². The van der Waals surface area contributed by atoms with E-state index in [1.165, 1.54) is 11.6 Å². The third-order valence-electron chi connectivity index (χ3n) is 6.02. The summed E-state index contributed by atoms with van der Waals surface area (Å²) in [6.07, 6.45) is -1.53. The highest BCUT2D eigenvalue weighted by Gasteiger charge is 2.43. The van der Waals surface area contributed by atoms with Crippen molar-refractivity contribution in [2.24, 2.45) is 5.92 Å². The lowest BCUT2D eigenvalue weighted by Crippen LogP contribution is -2.44. The molecule has 2 unspecified atom stereocenters. The van der Waals surface area contributed by atoms with Crippen LogP contribution in [-0.2, 0) is 12.7 Å².